The van der Waals surface area contributed by atoms with Crippen LogP contribution in [-0.2, 0) is 65.5 Å². The highest BCUT2D eigenvalue weighted by Gasteiger charge is 2.54. The Morgan fingerprint density at radius 3 is 1.40 bits per heavy atom. The number of alkyl carbamates (subject to hydrolysis) is 2. The predicted octanol–water partition coefficient (Wildman–Crippen LogP) is 11.1. The van der Waals surface area contributed by atoms with Gasteiger partial charge in [0.15, 0.2) is 12.6 Å². The van der Waals surface area contributed by atoms with E-state index >= 15 is 0 Å². The molecule has 0 aliphatic carbocycles. The molecule has 0 saturated carbocycles. The van der Waals surface area contributed by atoms with Crippen molar-refractivity contribution in [1.82, 2.24) is 10.6 Å². The highest BCUT2D eigenvalue weighted by Crippen LogP contribution is 2.53. The minimum Gasteiger partial charge on any atom is -0.445 e. The summed E-state index contributed by atoms with van der Waals surface area (Å²) in [7, 11) is -4.33. The van der Waals surface area contributed by atoms with E-state index in [1.807, 2.05) is 41.5 Å². The van der Waals surface area contributed by atoms with Crippen molar-refractivity contribution < 1.29 is 75.1 Å². The summed E-state index contributed by atoms with van der Waals surface area (Å²) in [6.07, 6.45) is -0.768. The Labute approximate surface area is 445 Å². The molecule has 18 nitrogen and oxygen atoms in total. The van der Waals surface area contributed by atoms with Crippen LogP contribution in [0.5, 0.6) is 0 Å². The van der Waals surface area contributed by atoms with Crippen molar-refractivity contribution >= 4 is 89.6 Å². The molecule has 0 bridgehead atoms. The van der Waals surface area contributed by atoms with Gasteiger partial charge in [-0.05, 0) is 38.5 Å². The molecule has 10 atom stereocenters. The van der Waals surface area contributed by atoms with Crippen molar-refractivity contribution in [2.24, 2.45) is 0 Å². The van der Waals surface area contributed by atoms with E-state index in [9.17, 15) is 14.2 Å². The number of rotatable bonds is 37. The summed E-state index contributed by atoms with van der Waals surface area (Å²) in [6, 6.07) is -2.30. The lowest BCUT2D eigenvalue weighted by Crippen LogP contribution is -2.68. The van der Waals surface area contributed by atoms with Gasteiger partial charge < -0.3 is 58.0 Å². The number of hydrogen-bond donors (Lipinski definition) is 2. The lowest BCUT2D eigenvalue weighted by Gasteiger charge is -2.48. The molecule has 2 rings (SSSR count). The number of phosphoric ester groups is 1. The minimum atomic E-state index is -4.33. The molecule has 0 aromatic heterocycles. The molecule has 2 fully saturated rings. The molecule has 0 spiro atoms. The average molecular weight is 1150 g/mol. The Morgan fingerprint density at radius 1 is 0.557 bits per heavy atom. The van der Waals surface area contributed by atoms with Crippen LogP contribution >= 0.6 is 77.4 Å². The van der Waals surface area contributed by atoms with Crippen LogP contribution in [0.15, 0.2) is 12.7 Å². The van der Waals surface area contributed by atoms with Crippen LogP contribution < -0.4 is 10.6 Å². The monoisotopic (exact) mass is 1140 g/mol. The van der Waals surface area contributed by atoms with Crippen molar-refractivity contribution in [3.8, 4) is 0 Å². The molecule has 412 valence electrons. The number of carbonyl (C=O) groups is 2. The Balaban J connectivity index is 2.79. The van der Waals surface area contributed by atoms with Gasteiger partial charge in [0.05, 0.1) is 33.0 Å². The first-order chi connectivity index (χ1) is 33.4. The summed E-state index contributed by atoms with van der Waals surface area (Å²) in [4.78, 5) is 26.9. The zero-order chi connectivity index (χ0) is 52.0. The summed E-state index contributed by atoms with van der Waals surface area (Å²) in [5.41, 5.74) is 0. The third kappa shape index (κ3) is 26.5. The van der Waals surface area contributed by atoms with E-state index < -0.39 is 102 Å². The number of phosphoric acid groups is 1. The number of halogens is 6. The predicted molar refractivity (Wildman–Crippen MR) is 270 cm³/mol. The first kappa shape index (κ1) is 65.9. The van der Waals surface area contributed by atoms with Crippen molar-refractivity contribution in [1.29, 1.82) is 0 Å². The van der Waals surface area contributed by atoms with Crippen LogP contribution in [-0.4, -0.2) is 154 Å². The van der Waals surface area contributed by atoms with Crippen LogP contribution in [0.1, 0.15) is 119 Å². The lowest BCUT2D eigenvalue weighted by molar-refractivity contribution is -0.311. The molecule has 2 aliphatic heterocycles. The molecule has 0 aromatic rings. The Morgan fingerprint density at radius 2 is 0.957 bits per heavy atom. The molecule has 10 unspecified atom stereocenters. The van der Waals surface area contributed by atoms with Gasteiger partial charge in [-0.3, -0.25) is 13.6 Å². The van der Waals surface area contributed by atoms with Gasteiger partial charge in [-0.15, -0.1) is 6.58 Å². The normalized spacial score (nSPS) is 25.4. The van der Waals surface area contributed by atoms with E-state index in [1.165, 1.54) is 6.08 Å². The standard InChI is InChI=1S/C45H79Cl6N2O16P/c1-8-15-22-57-28-32-37(69-70(56,65-26-19-12-5)66-27-20-13-6)39(60-25-18-11-4)35(53-43(55)64-31-45(49,50)51)41(67-32)62-29-33-36(58-23-16-9-2)38(59-24-17-10-3)34(40(68-33)61-21-14-7)52-42(54)63-30-44(46,47)48/h14,32-41H,7-13,15-31H2,1-6H3,(H,52,54)(H,53,55). The van der Waals surface area contributed by atoms with Gasteiger partial charge in [-0.25, -0.2) is 14.2 Å². The third-order valence-corrected chi connectivity index (χ3v) is 12.6. The van der Waals surface area contributed by atoms with Crippen molar-refractivity contribution in [2.45, 2.75) is 187 Å². The van der Waals surface area contributed by atoms with Crippen molar-refractivity contribution in [3.05, 3.63) is 12.7 Å². The van der Waals surface area contributed by atoms with Crippen LogP contribution in [0.2, 0.25) is 0 Å². The topological polar surface area (TPSA) is 195 Å². The van der Waals surface area contributed by atoms with Gasteiger partial charge in [0.1, 0.15) is 61.9 Å². The fraction of sp³-hybridized carbons (Fsp3) is 0.911. The van der Waals surface area contributed by atoms with Gasteiger partial charge in [0, 0.05) is 26.4 Å². The molecule has 25 heteroatoms. The molecule has 2 N–H and O–H groups in total. The molecule has 2 saturated heterocycles. The van der Waals surface area contributed by atoms with Gasteiger partial charge in [0.2, 0.25) is 7.59 Å². The summed E-state index contributed by atoms with van der Waals surface area (Å²) in [6.45, 7) is 15.5. The quantitative estimate of drug-likeness (QED) is 0.0258. The van der Waals surface area contributed by atoms with Crippen LogP contribution in [0.25, 0.3) is 0 Å². The summed E-state index contributed by atoms with van der Waals surface area (Å²) < 4.78 is 91.5. The van der Waals surface area contributed by atoms with E-state index in [0.717, 1.165) is 44.9 Å². The van der Waals surface area contributed by atoms with Gasteiger partial charge >= 0.3 is 20.0 Å². The smallest absolute Gasteiger partial charge is 0.445 e. The molecular formula is C45H79Cl6N2O16P. The fourth-order valence-corrected chi connectivity index (χ4v) is 8.60. The number of carbonyl (C=O) groups excluding carboxylic acids is 2. The number of unbranched alkanes of at least 4 members (excludes halogenated alkanes) is 6. The van der Waals surface area contributed by atoms with Gasteiger partial charge in [-0.2, -0.15) is 0 Å². The van der Waals surface area contributed by atoms with E-state index in [4.69, 9.17) is 131 Å². The van der Waals surface area contributed by atoms with Crippen LogP contribution in [0.4, 0.5) is 9.59 Å². The highest BCUT2D eigenvalue weighted by atomic mass is 35.6. The second-order valence-electron chi connectivity index (χ2n) is 16.7. The second kappa shape index (κ2) is 36.7. The maximum Gasteiger partial charge on any atom is 0.475 e. The van der Waals surface area contributed by atoms with E-state index in [-0.39, 0.29) is 52.9 Å². The average Bonchev–Trinajstić information content (AvgIpc) is 3.30. The molecule has 2 heterocycles. The summed E-state index contributed by atoms with van der Waals surface area (Å²) >= 11 is 35.6. The Kier molecular flexibility index (Phi) is 34.6. The van der Waals surface area contributed by atoms with Crippen molar-refractivity contribution in [2.75, 3.05) is 72.7 Å². The van der Waals surface area contributed by atoms with E-state index in [1.54, 1.807) is 0 Å². The largest absolute Gasteiger partial charge is 0.475 e. The fourth-order valence-electron chi connectivity index (χ4n) is 6.82. The highest BCUT2D eigenvalue weighted by molar-refractivity contribution is 7.48. The number of hydrogen-bond acceptors (Lipinski definition) is 16. The Bertz CT molecular complexity index is 1460. The second-order valence-corrected chi connectivity index (χ2v) is 23.3. The maximum atomic E-state index is 14.6. The molecule has 2 amide bonds. The minimum absolute atomic E-state index is 0.00273. The molecule has 0 radical (unpaired) electrons. The lowest BCUT2D eigenvalue weighted by atomic mass is 9.95. The van der Waals surface area contributed by atoms with E-state index in [0.29, 0.717) is 38.7 Å². The molecular weight excluding hydrogens is 1070 g/mol. The first-order valence-corrected chi connectivity index (χ1v) is 28.3. The number of nitrogens with one attached hydrogen (secondary N) is 2. The maximum absolute atomic E-state index is 14.6. The molecule has 2 aliphatic rings. The molecule has 0 aromatic carbocycles. The zero-order valence-corrected chi connectivity index (χ0v) is 47.0. The number of alkyl halides is 6. The van der Waals surface area contributed by atoms with Gasteiger partial charge in [0.25, 0.3) is 0 Å². The zero-order valence-electron chi connectivity index (χ0n) is 41.6. The number of amides is 2. The van der Waals surface area contributed by atoms with Crippen LogP contribution in [0, 0.1) is 0 Å². The van der Waals surface area contributed by atoms with Crippen LogP contribution in [0.3, 0.4) is 0 Å². The third-order valence-electron chi connectivity index (χ3n) is 10.5. The molecule has 70 heavy (non-hydrogen) atoms. The number of ether oxygens (including phenoxy) is 10. The Hall–Kier alpha value is -0.190. The SMILES string of the molecule is C=CCOC1OC(COC2OC(COCCCC)C(OP(=O)(OCCCC)OCCCC)C(OCCCC)C2NC(=O)OCC(Cl)(Cl)Cl)C(OCCCC)C(OCCCC)C1NC(=O)OCC(Cl)(Cl)Cl. The van der Waals surface area contributed by atoms with E-state index in [2.05, 4.69) is 17.2 Å². The van der Waals surface area contributed by atoms with Gasteiger partial charge in [-0.1, -0.05) is 156 Å². The summed E-state index contributed by atoms with van der Waals surface area (Å²) in [5.74, 6) is 0. The van der Waals surface area contributed by atoms with Crippen molar-refractivity contribution in [3.63, 3.8) is 0 Å². The first-order valence-electron chi connectivity index (χ1n) is 24.5. The summed E-state index contributed by atoms with van der Waals surface area (Å²) in [5, 5.41) is 5.56.